The molecule has 0 aliphatic heterocycles. The molecule has 0 saturated carbocycles. The summed E-state index contributed by atoms with van der Waals surface area (Å²) < 4.78 is 14.9. The summed E-state index contributed by atoms with van der Waals surface area (Å²) in [5, 5.41) is 12.0. The fourth-order valence-electron chi connectivity index (χ4n) is 2.34. The first-order valence-corrected chi connectivity index (χ1v) is 9.70. The summed E-state index contributed by atoms with van der Waals surface area (Å²) >= 11 is 3.10. The van der Waals surface area contributed by atoms with E-state index in [1.54, 1.807) is 12.1 Å². The van der Waals surface area contributed by atoms with Gasteiger partial charge in [0, 0.05) is 3.57 Å². The van der Waals surface area contributed by atoms with Crippen molar-refractivity contribution < 1.29 is 23.9 Å². The molecule has 0 radical (unpaired) electrons. The Bertz CT molecular complexity index is 825. The SMILES string of the molecule is CCc1c(C(C)=O)sc(Nc2ccc(I)cc2F)c1C(=O)NOCCO. The van der Waals surface area contributed by atoms with Gasteiger partial charge >= 0.3 is 0 Å². The molecule has 0 saturated heterocycles. The molecule has 0 atom stereocenters. The molecular formula is C17H18FIN2O4S. The van der Waals surface area contributed by atoms with Gasteiger partial charge in [-0.15, -0.1) is 11.3 Å². The molecule has 0 unspecified atom stereocenters. The van der Waals surface area contributed by atoms with Gasteiger partial charge in [-0.05, 0) is 59.7 Å². The van der Waals surface area contributed by atoms with Crippen LogP contribution < -0.4 is 10.8 Å². The molecule has 1 aromatic heterocycles. The van der Waals surface area contributed by atoms with Crippen molar-refractivity contribution in [1.29, 1.82) is 0 Å². The Morgan fingerprint density at radius 2 is 2.12 bits per heavy atom. The van der Waals surface area contributed by atoms with Gasteiger partial charge in [0.25, 0.3) is 5.91 Å². The zero-order valence-electron chi connectivity index (χ0n) is 14.2. The molecule has 26 heavy (non-hydrogen) atoms. The van der Waals surface area contributed by atoms with Crippen LogP contribution in [-0.4, -0.2) is 30.0 Å². The van der Waals surface area contributed by atoms with Crippen molar-refractivity contribution in [2.45, 2.75) is 20.3 Å². The molecule has 1 amide bonds. The Kier molecular flexibility index (Phi) is 7.50. The van der Waals surface area contributed by atoms with Crippen LogP contribution in [0.3, 0.4) is 0 Å². The first kappa shape index (κ1) is 20.7. The minimum atomic E-state index is -0.563. The lowest BCUT2D eigenvalue weighted by Crippen LogP contribution is -2.26. The number of carbonyl (C=O) groups is 2. The van der Waals surface area contributed by atoms with Gasteiger partial charge in [-0.3, -0.25) is 14.4 Å². The molecular weight excluding hydrogens is 474 g/mol. The van der Waals surface area contributed by atoms with E-state index in [1.807, 2.05) is 29.5 Å². The van der Waals surface area contributed by atoms with E-state index in [1.165, 1.54) is 13.0 Å². The number of aliphatic hydroxyl groups excluding tert-OH is 1. The number of nitrogens with one attached hydrogen (secondary N) is 2. The number of ketones is 1. The average molecular weight is 492 g/mol. The van der Waals surface area contributed by atoms with Gasteiger partial charge in [0.1, 0.15) is 10.8 Å². The maximum atomic E-state index is 14.2. The molecule has 0 bridgehead atoms. The van der Waals surface area contributed by atoms with Crippen molar-refractivity contribution in [2.24, 2.45) is 0 Å². The summed E-state index contributed by atoms with van der Waals surface area (Å²) in [6.45, 7) is 2.94. The van der Waals surface area contributed by atoms with Crippen LogP contribution in [0.2, 0.25) is 0 Å². The highest BCUT2D eigenvalue weighted by Gasteiger charge is 2.25. The summed E-state index contributed by atoms with van der Waals surface area (Å²) in [7, 11) is 0. The first-order valence-electron chi connectivity index (χ1n) is 7.80. The number of anilines is 2. The normalized spacial score (nSPS) is 10.7. The lowest BCUT2D eigenvalue weighted by atomic mass is 10.1. The maximum absolute atomic E-state index is 14.2. The Morgan fingerprint density at radius 1 is 1.38 bits per heavy atom. The monoisotopic (exact) mass is 492 g/mol. The van der Waals surface area contributed by atoms with Gasteiger partial charge in [-0.1, -0.05) is 6.92 Å². The molecule has 2 rings (SSSR count). The second-order valence-corrected chi connectivity index (χ2v) is 7.54. The van der Waals surface area contributed by atoms with Crippen LogP contribution in [0.25, 0.3) is 0 Å². The van der Waals surface area contributed by atoms with Crippen molar-refractivity contribution in [3.05, 3.63) is 43.6 Å². The number of carbonyl (C=O) groups excluding carboxylic acids is 2. The van der Waals surface area contributed by atoms with E-state index in [0.717, 1.165) is 14.9 Å². The summed E-state index contributed by atoms with van der Waals surface area (Å²) in [5.41, 5.74) is 3.25. The molecule has 1 heterocycles. The standard InChI is InChI=1S/C17H18FIN2O4S/c1-3-11-14(16(24)21-25-7-6-22)17(26-15(11)9(2)23)20-13-5-4-10(19)8-12(13)18/h4-5,8,20,22H,3,6-7H2,1-2H3,(H,21,24). The van der Waals surface area contributed by atoms with E-state index in [0.29, 0.717) is 21.9 Å². The van der Waals surface area contributed by atoms with Gasteiger partial charge in [0.15, 0.2) is 5.78 Å². The molecule has 1 aromatic carbocycles. The third-order valence-electron chi connectivity index (χ3n) is 3.44. The van der Waals surface area contributed by atoms with Gasteiger partial charge in [0.2, 0.25) is 0 Å². The lowest BCUT2D eigenvalue weighted by molar-refractivity contribution is 0.0168. The molecule has 0 fully saturated rings. The summed E-state index contributed by atoms with van der Waals surface area (Å²) in [4.78, 5) is 29.8. The van der Waals surface area contributed by atoms with Crippen LogP contribution in [0.15, 0.2) is 18.2 Å². The topological polar surface area (TPSA) is 87.7 Å². The van der Waals surface area contributed by atoms with Crippen LogP contribution in [-0.2, 0) is 11.3 Å². The third-order valence-corrected chi connectivity index (χ3v) is 5.36. The van der Waals surface area contributed by atoms with Gasteiger partial charge < -0.3 is 10.4 Å². The zero-order chi connectivity index (χ0) is 19.3. The second kappa shape index (κ2) is 9.40. The lowest BCUT2D eigenvalue weighted by Gasteiger charge is -2.10. The number of hydrogen-bond donors (Lipinski definition) is 3. The van der Waals surface area contributed by atoms with Crippen molar-refractivity contribution in [1.82, 2.24) is 5.48 Å². The van der Waals surface area contributed by atoms with Gasteiger partial charge in [-0.2, -0.15) is 0 Å². The van der Waals surface area contributed by atoms with Crippen LogP contribution in [0.5, 0.6) is 0 Å². The van der Waals surface area contributed by atoms with Crippen molar-refractivity contribution in [3.8, 4) is 0 Å². The van der Waals surface area contributed by atoms with Crippen molar-refractivity contribution in [3.63, 3.8) is 0 Å². The van der Waals surface area contributed by atoms with Crippen LogP contribution in [0, 0.1) is 9.39 Å². The molecule has 3 N–H and O–H groups in total. The third kappa shape index (κ3) is 4.78. The molecule has 6 nitrogen and oxygen atoms in total. The van der Waals surface area contributed by atoms with E-state index < -0.39 is 11.7 Å². The number of halogens is 2. The van der Waals surface area contributed by atoms with Crippen LogP contribution in [0.1, 0.15) is 39.4 Å². The number of amides is 1. The molecule has 2 aromatic rings. The predicted octanol–water partition coefficient (Wildman–Crippen LogP) is 3.65. The number of rotatable bonds is 8. The minimum Gasteiger partial charge on any atom is -0.394 e. The highest BCUT2D eigenvalue weighted by molar-refractivity contribution is 14.1. The van der Waals surface area contributed by atoms with E-state index in [2.05, 4.69) is 10.8 Å². The van der Waals surface area contributed by atoms with E-state index >= 15 is 0 Å². The number of hydrogen-bond acceptors (Lipinski definition) is 6. The number of Topliss-reactive ketones (excluding diaryl/α,β-unsaturated/α-hetero) is 1. The fourth-order valence-corrected chi connectivity index (χ4v) is 3.99. The van der Waals surface area contributed by atoms with Crippen molar-refractivity contribution >= 4 is 56.3 Å². The smallest absolute Gasteiger partial charge is 0.278 e. The average Bonchev–Trinajstić information content (AvgIpc) is 2.96. The van der Waals surface area contributed by atoms with E-state index in [9.17, 15) is 14.0 Å². The largest absolute Gasteiger partial charge is 0.394 e. The quantitative estimate of drug-likeness (QED) is 0.227. The molecule has 0 aliphatic rings. The van der Waals surface area contributed by atoms with Gasteiger partial charge in [0.05, 0.1) is 29.3 Å². The Balaban J connectivity index is 2.45. The molecule has 0 aliphatic carbocycles. The maximum Gasteiger partial charge on any atom is 0.278 e. The number of hydroxylamine groups is 1. The van der Waals surface area contributed by atoms with E-state index in [-0.39, 0.29) is 30.2 Å². The summed E-state index contributed by atoms with van der Waals surface area (Å²) in [5.74, 6) is -1.20. The highest BCUT2D eigenvalue weighted by Crippen LogP contribution is 2.37. The number of aliphatic hydroxyl groups is 1. The first-order chi connectivity index (χ1) is 12.4. The Labute approximate surface area is 167 Å². The highest BCUT2D eigenvalue weighted by atomic mass is 127. The van der Waals surface area contributed by atoms with E-state index in [4.69, 9.17) is 9.94 Å². The van der Waals surface area contributed by atoms with Crippen molar-refractivity contribution in [2.75, 3.05) is 18.5 Å². The molecule has 0 spiro atoms. The predicted molar refractivity (Wildman–Crippen MR) is 107 cm³/mol. The second-order valence-electron chi connectivity index (χ2n) is 5.28. The van der Waals surface area contributed by atoms with Crippen LogP contribution in [0.4, 0.5) is 15.1 Å². The summed E-state index contributed by atoms with van der Waals surface area (Å²) in [6.07, 6.45) is 0.449. The zero-order valence-corrected chi connectivity index (χ0v) is 17.2. The molecule has 9 heteroatoms. The van der Waals surface area contributed by atoms with Gasteiger partial charge in [-0.25, -0.2) is 9.87 Å². The number of benzene rings is 1. The Hall–Kier alpha value is -1.56. The summed E-state index contributed by atoms with van der Waals surface area (Å²) in [6, 6.07) is 4.67. The van der Waals surface area contributed by atoms with Crippen LogP contribution >= 0.6 is 33.9 Å². The minimum absolute atomic E-state index is 0.0641. The fraction of sp³-hybridized carbons (Fsp3) is 0.294. The Morgan fingerprint density at radius 3 is 2.69 bits per heavy atom. The number of thiophene rings is 1. The molecule has 140 valence electrons.